The number of imidazole rings is 1. The quantitative estimate of drug-likeness (QED) is 0.478. The van der Waals surface area contributed by atoms with Gasteiger partial charge in [-0.25, -0.2) is 9.55 Å². The first-order valence-corrected chi connectivity index (χ1v) is 3.34. The van der Waals surface area contributed by atoms with E-state index in [1.165, 1.54) is 11.4 Å². The molecule has 0 atom stereocenters. The number of hydrogen-bond acceptors (Lipinski definition) is 0. The van der Waals surface area contributed by atoms with Gasteiger partial charge in [0.05, 0.1) is 7.05 Å². The van der Waals surface area contributed by atoms with Crippen LogP contribution in [0.5, 0.6) is 0 Å². The van der Waals surface area contributed by atoms with Crippen LogP contribution in [0.3, 0.4) is 0 Å². The fraction of sp³-hybridized carbons (Fsp3) is 0.375. The Kier molecular flexibility index (Phi) is 3.33. The number of aryl methyl sites for hydroxylation is 1. The largest absolute Gasteiger partial charge is 1.00 e. The topological polar surface area (TPSA) is 19.7 Å². The predicted octanol–water partition coefficient (Wildman–Crippen LogP) is -1.90. The third kappa shape index (κ3) is 1.63. The predicted molar refractivity (Wildman–Crippen MR) is 41.5 cm³/mol. The summed E-state index contributed by atoms with van der Waals surface area (Å²) in [5, 5.41) is 0. The summed E-state index contributed by atoms with van der Waals surface area (Å²) in [6.07, 6.45) is 1.82. The number of nitrogens with one attached hydrogen (secondary N) is 1. The third-order valence-corrected chi connectivity index (χ3v) is 1.92. The van der Waals surface area contributed by atoms with Gasteiger partial charge in [0.2, 0.25) is 0 Å². The third-order valence-electron chi connectivity index (χ3n) is 1.92. The van der Waals surface area contributed by atoms with Gasteiger partial charge in [-0.3, -0.25) is 0 Å². The van der Waals surface area contributed by atoms with Crippen molar-refractivity contribution in [1.82, 2.24) is 4.98 Å². The van der Waals surface area contributed by atoms with E-state index in [0.717, 1.165) is 5.82 Å². The van der Waals surface area contributed by atoms with Crippen molar-refractivity contribution in [2.24, 2.45) is 7.05 Å². The lowest BCUT2D eigenvalue weighted by atomic mass is 10.4. The second-order valence-electron chi connectivity index (χ2n) is 2.48. The Morgan fingerprint density at radius 1 is 1.45 bits per heavy atom. The Labute approximate surface area is 73.4 Å². The lowest BCUT2D eigenvalue weighted by Crippen LogP contribution is -3.00. The molecular weight excluding hydrogens is 160 g/mol. The molecule has 0 saturated heterocycles. The Hall–Kier alpha value is -0.760. The van der Waals surface area contributed by atoms with E-state index < -0.39 is 0 Å². The lowest BCUT2D eigenvalue weighted by molar-refractivity contribution is -0.678. The van der Waals surface area contributed by atoms with Crippen molar-refractivity contribution in [2.75, 3.05) is 0 Å². The van der Waals surface area contributed by atoms with Crippen molar-refractivity contribution < 1.29 is 17.0 Å². The van der Waals surface area contributed by atoms with Crippen molar-refractivity contribution in [3.63, 3.8) is 0 Å². The minimum atomic E-state index is 0. The van der Waals surface area contributed by atoms with Crippen LogP contribution in [0.2, 0.25) is 0 Å². The highest BCUT2D eigenvalue weighted by atomic mass is 35.5. The molecule has 1 rings (SSSR count). The molecule has 1 aromatic rings. The zero-order valence-electron chi connectivity index (χ0n) is 7.11. The minimum absolute atomic E-state index is 0. The monoisotopic (exact) mass is 172 g/mol. The minimum Gasteiger partial charge on any atom is -1.00 e. The van der Waals surface area contributed by atoms with Gasteiger partial charge >= 0.3 is 0 Å². The van der Waals surface area contributed by atoms with E-state index in [2.05, 4.69) is 30.0 Å². The van der Waals surface area contributed by atoms with Crippen LogP contribution in [-0.4, -0.2) is 4.98 Å². The van der Waals surface area contributed by atoms with Crippen molar-refractivity contribution >= 4 is 6.08 Å². The summed E-state index contributed by atoms with van der Waals surface area (Å²) in [5.41, 5.74) is 2.47. The van der Waals surface area contributed by atoms with Crippen LogP contribution < -0.4 is 17.0 Å². The van der Waals surface area contributed by atoms with Crippen LogP contribution in [0.25, 0.3) is 6.08 Å². The van der Waals surface area contributed by atoms with Gasteiger partial charge in [0.1, 0.15) is 11.4 Å². The van der Waals surface area contributed by atoms with E-state index in [1.54, 1.807) is 0 Å². The summed E-state index contributed by atoms with van der Waals surface area (Å²) in [7, 11) is 2.02. The second kappa shape index (κ2) is 3.58. The number of halogens is 1. The normalized spacial score (nSPS) is 9.00. The summed E-state index contributed by atoms with van der Waals surface area (Å²) < 4.78 is 2.09. The molecule has 0 saturated carbocycles. The Balaban J connectivity index is 0.000001000. The molecule has 0 aliphatic rings. The van der Waals surface area contributed by atoms with Crippen LogP contribution >= 0.6 is 0 Å². The molecule has 0 amide bonds. The number of nitrogens with zero attached hydrogens (tertiary/aromatic N) is 1. The zero-order chi connectivity index (χ0) is 7.72. The maximum absolute atomic E-state index is 3.69. The summed E-state index contributed by atoms with van der Waals surface area (Å²) in [5.74, 6) is 1.06. The highest BCUT2D eigenvalue weighted by molar-refractivity contribution is 5.33. The van der Waals surface area contributed by atoms with Gasteiger partial charge in [-0.1, -0.05) is 6.58 Å². The van der Waals surface area contributed by atoms with Crippen LogP contribution in [0.1, 0.15) is 17.2 Å². The average molecular weight is 173 g/mol. The fourth-order valence-electron chi connectivity index (χ4n) is 0.987. The SMILES string of the molecule is C=Cc1[nH]c(C)c(C)[n+]1C.[Cl-]. The summed E-state index contributed by atoms with van der Waals surface area (Å²) >= 11 is 0. The first-order chi connectivity index (χ1) is 4.66. The van der Waals surface area contributed by atoms with Crippen molar-refractivity contribution in [3.05, 3.63) is 23.8 Å². The summed E-state index contributed by atoms with van der Waals surface area (Å²) in [6.45, 7) is 7.83. The average Bonchev–Trinajstić information content (AvgIpc) is 2.17. The molecule has 3 heteroatoms. The van der Waals surface area contributed by atoms with Crippen molar-refractivity contribution in [2.45, 2.75) is 13.8 Å². The number of H-pyrrole nitrogens is 1. The van der Waals surface area contributed by atoms with Gasteiger partial charge in [-0.2, -0.15) is 0 Å². The van der Waals surface area contributed by atoms with Crippen molar-refractivity contribution in [1.29, 1.82) is 0 Å². The van der Waals surface area contributed by atoms with Gasteiger partial charge in [-0.05, 0) is 0 Å². The van der Waals surface area contributed by atoms with E-state index in [4.69, 9.17) is 0 Å². The summed E-state index contributed by atoms with van der Waals surface area (Å²) in [4.78, 5) is 3.21. The molecule has 2 nitrogen and oxygen atoms in total. The molecule has 0 aromatic carbocycles. The number of aromatic amines is 1. The molecule has 1 aromatic heterocycles. The van der Waals surface area contributed by atoms with E-state index in [-0.39, 0.29) is 12.4 Å². The zero-order valence-corrected chi connectivity index (χ0v) is 7.87. The molecule has 11 heavy (non-hydrogen) atoms. The maximum atomic E-state index is 3.69. The smallest absolute Gasteiger partial charge is 0.278 e. The van der Waals surface area contributed by atoms with Gasteiger partial charge in [-0.15, -0.1) is 0 Å². The fourth-order valence-corrected chi connectivity index (χ4v) is 0.987. The van der Waals surface area contributed by atoms with E-state index >= 15 is 0 Å². The molecule has 1 heterocycles. The van der Waals surface area contributed by atoms with Crippen LogP contribution in [-0.2, 0) is 7.05 Å². The number of aromatic nitrogens is 2. The molecule has 62 valence electrons. The molecule has 1 N–H and O–H groups in total. The standard InChI is InChI=1S/C8H12N2.ClH/c1-5-8-9-6(2)7(3)10(8)4;/h5H,1H2,2-4H3;1H. The second-order valence-corrected chi connectivity index (χ2v) is 2.48. The summed E-state index contributed by atoms with van der Waals surface area (Å²) in [6, 6.07) is 0. The Bertz CT molecular complexity index is 263. The van der Waals surface area contributed by atoms with Crippen LogP contribution in [0.4, 0.5) is 0 Å². The molecule has 0 aliphatic heterocycles. The molecule has 0 spiro atoms. The van der Waals surface area contributed by atoms with E-state index in [1.807, 2.05) is 13.1 Å². The highest BCUT2D eigenvalue weighted by Gasteiger charge is 2.10. The van der Waals surface area contributed by atoms with Crippen LogP contribution in [0.15, 0.2) is 6.58 Å². The lowest BCUT2D eigenvalue weighted by Gasteiger charge is -1.86. The molecule has 0 bridgehead atoms. The number of rotatable bonds is 1. The van der Waals surface area contributed by atoms with Gasteiger partial charge < -0.3 is 12.4 Å². The molecule has 0 radical (unpaired) electrons. The highest BCUT2D eigenvalue weighted by Crippen LogP contribution is 1.99. The van der Waals surface area contributed by atoms with Gasteiger partial charge in [0, 0.05) is 19.9 Å². The molecule has 0 aliphatic carbocycles. The number of hydrogen-bond donors (Lipinski definition) is 1. The first kappa shape index (κ1) is 10.2. The van der Waals surface area contributed by atoms with Crippen molar-refractivity contribution in [3.8, 4) is 0 Å². The van der Waals surface area contributed by atoms with E-state index in [9.17, 15) is 0 Å². The molecular formula is C8H13ClN2. The maximum Gasteiger partial charge on any atom is 0.278 e. The Morgan fingerprint density at radius 2 is 2.00 bits per heavy atom. The van der Waals surface area contributed by atoms with Gasteiger partial charge in [0.15, 0.2) is 0 Å². The molecule has 0 fully saturated rings. The van der Waals surface area contributed by atoms with Gasteiger partial charge in [0.25, 0.3) is 5.82 Å². The van der Waals surface area contributed by atoms with Crippen LogP contribution in [0, 0.1) is 13.8 Å². The Morgan fingerprint density at radius 3 is 2.18 bits per heavy atom. The molecule has 0 unspecified atom stereocenters. The van der Waals surface area contributed by atoms with E-state index in [0.29, 0.717) is 0 Å². The first-order valence-electron chi connectivity index (χ1n) is 3.34.